The molecule has 2 N–H and O–H groups in total. The van der Waals surface area contributed by atoms with E-state index in [1.807, 2.05) is 20.8 Å². The van der Waals surface area contributed by atoms with Crippen molar-refractivity contribution in [1.82, 2.24) is 15.1 Å². The average Bonchev–Trinajstić information content (AvgIpc) is 2.43. The first-order chi connectivity index (χ1) is 7.84. The van der Waals surface area contributed by atoms with E-state index in [9.17, 15) is 4.79 Å². The highest BCUT2D eigenvalue weighted by Crippen LogP contribution is 2.19. The van der Waals surface area contributed by atoms with Gasteiger partial charge in [-0.25, -0.2) is 0 Å². The highest BCUT2D eigenvalue weighted by molar-refractivity contribution is 6.31. The first-order valence-electron chi connectivity index (χ1n) is 5.48. The number of carboxylic acids is 1. The van der Waals surface area contributed by atoms with Gasteiger partial charge in [0.15, 0.2) is 0 Å². The van der Waals surface area contributed by atoms with Crippen molar-refractivity contribution in [2.75, 3.05) is 0 Å². The highest BCUT2D eigenvalue weighted by atomic mass is 35.5. The maximum atomic E-state index is 11.0. The Balaban J connectivity index is 2.75. The molecule has 17 heavy (non-hydrogen) atoms. The summed E-state index contributed by atoms with van der Waals surface area (Å²) in [5.74, 6) is -0.837. The molecular weight excluding hydrogens is 242 g/mol. The molecule has 0 aliphatic carbocycles. The minimum Gasteiger partial charge on any atom is -0.480 e. The summed E-state index contributed by atoms with van der Waals surface area (Å²) in [6.45, 7) is 5.94. The van der Waals surface area contributed by atoms with Crippen LogP contribution in [0.5, 0.6) is 0 Å². The van der Waals surface area contributed by atoms with Crippen LogP contribution >= 0.6 is 11.6 Å². The number of aliphatic carboxylic acids is 1. The molecule has 1 rings (SSSR count). The molecule has 0 radical (unpaired) electrons. The minimum atomic E-state index is -0.852. The summed E-state index contributed by atoms with van der Waals surface area (Å²) in [5, 5.41) is 16.8. The van der Waals surface area contributed by atoms with Gasteiger partial charge in [-0.2, -0.15) is 5.10 Å². The summed E-state index contributed by atoms with van der Waals surface area (Å²) in [5.41, 5.74) is 1.55. The summed E-state index contributed by atoms with van der Waals surface area (Å²) in [4.78, 5) is 11.0. The van der Waals surface area contributed by atoms with Crippen molar-refractivity contribution in [2.45, 2.75) is 33.4 Å². The van der Waals surface area contributed by atoms with E-state index in [1.54, 1.807) is 11.7 Å². The van der Waals surface area contributed by atoms with Crippen LogP contribution in [0.4, 0.5) is 0 Å². The lowest BCUT2D eigenvalue weighted by Crippen LogP contribution is -2.40. The van der Waals surface area contributed by atoms with Crippen LogP contribution in [-0.2, 0) is 18.4 Å². The van der Waals surface area contributed by atoms with E-state index in [2.05, 4.69) is 10.4 Å². The normalized spacial score (nSPS) is 13.1. The quantitative estimate of drug-likeness (QED) is 0.843. The van der Waals surface area contributed by atoms with Crippen molar-refractivity contribution in [3.8, 4) is 0 Å². The molecule has 96 valence electrons. The Hall–Kier alpha value is -1.07. The van der Waals surface area contributed by atoms with Crippen LogP contribution in [-0.4, -0.2) is 26.9 Å². The molecule has 1 atom stereocenters. The van der Waals surface area contributed by atoms with Gasteiger partial charge in [0.2, 0.25) is 0 Å². The molecule has 0 aliphatic heterocycles. The molecule has 0 bridgehead atoms. The fraction of sp³-hybridized carbons (Fsp3) is 0.636. The number of carbonyl (C=O) groups is 1. The van der Waals surface area contributed by atoms with E-state index in [0.29, 0.717) is 11.6 Å². The average molecular weight is 260 g/mol. The van der Waals surface area contributed by atoms with Gasteiger partial charge in [0.25, 0.3) is 0 Å². The lowest BCUT2D eigenvalue weighted by atomic mass is 10.0. The van der Waals surface area contributed by atoms with E-state index < -0.39 is 12.0 Å². The van der Waals surface area contributed by atoms with Crippen LogP contribution in [0, 0.1) is 12.8 Å². The summed E-state index contributed by atoms with van der Waals surface area (Å²) in [6.07, 6.45) is 0. The lowest BCUT2D eigenvalue weighted by Gasteiger charge is -2.17. The van der Waals surface area contributed by atoms with Crippen molar-refractivity contribution in [3.63, 3.8) is 0 Å². The predicted octanol–water partition coefficient (Wildman–Crippen LogP) is 1.58. The van der Waals surface area contributed by atoms with Gasteiger partial charge in [-0.05, 0) is 12.8 Å². The smallest absolute Gasteiger partial charge is 0.320 e. The molecule has 1 aromatic heterocycles. The third-order valence-corrected chi connectivity index (χ3v) is 3.18. The van der Waals surface area contributed by atoms with Gasteiger partial charge in [0.05, 0.1) is 16.4 Å². The number of rotatable bonds is 5. The highest BCUT2D eigenvalue weighted by Gasteiger charge is 2.22. The molecule has 1 aromatic rings. The molecule has 0 saturated heterocycles. The molecule has 0 aromatic carbocycles. The molecule has 5 nitrogen and oxygen atoms in total. The second-order valence-corrected chi connectivity index (χ2v) is 4.79. The molecule has 6 heteroatoms. The van der Waals surface area contributed by atoms with E-state index >= 15 is 0 Å². The van der Waals surface area contributed by atoms with Crippen molar-refractivity contribution in [1.29, 1.82) is 0 Å². The Morgan fingerprint density at radius 1 is 1.59 bits per heavy atom. The maximum absolute atomic E-state index is 11.0. The first kappa shape index (κ1) is 14.0. The molecule has 0 fully saturated rings. The molecule has 1 heterocycles. The van der Waals surface area contributed by atoms with Crippen molar-refractivity contribution < 1.29 is 9.90 Å². The molecule has 0 aliphatic rings. The van der Waals surface area contributed by atoms with Crippen molar-refractivity contribution in [3.05, 3.63) is 16.4 Å². The number of carboxylic acid groups (broad SMARTS) is 1. The second-order valence-electron chi connectivity index (χ2n) is 4.41. The number of hydrogen-bond donors (Lipinski definition) is 2. The van der Waals surface area contributed by atoms with Gasteiger partial charge in [-0.3, -0.25) is 14.8 Å². The maximum Gasteiger partial charge on any atom is 0.320 e. The van der Waals surface area contributed by atoms with E-state index in [-0.39, 0.29) is 5.92 Å². The largest absolute Gasteiger partial charge is 0.480 e. The number of halogens is 1. The Morgan fingerprint density at radius 2 is 2.18 bits per heavy atom. The van der Waals surface area contributed by atoms with Gasteiger partial charge in [0.1, 0.15) is 6.04 Å². The predicted molar refractivity (Wildman–Crippen MR) is 66.1 cm³/mol. The van der Waals surface area contributed by atoms with Crippen molar-refractivity contribution >= 4 is 17.6 Å². The Labute approximate surface area is 106 Å². The number of aryl methyl sites for hydroxylation is 2. The van der Waals surface area contributed by atoms with E-state index in [4.69, 9.17) is 16.7 Å². The summed E-state index contributed by atoms with van der Waals surface area (Å²) >= 11 is 6.09. The van der Waals surface area contributed by atoms with Crippen LogP contribution < -0.4 is 5.32 Å². The van der Waals surface area contributed by atoms with Crippen LogP contribution in [0.3, 0.4) is 0 Å². The van der Waals surface area contributed by atoms with Crippen molar-refractivity contribution in [2.24, 2.45) is 13.0 Å². The minimum absolute atomic E-state index is 0.0144. The van der Waals surface area contributed by atoms with E-state index in [1.165, 1.54) is 0 Å². The summed E-state index contributed by atoms with van der Waals surface area (Å²) in [6, 6.07) is -0.582. The monoisotopic (exact) mass is 259 g/mol. The van der Waals surface area contributed by atoms with Crippen LogP contribution in [0.15, 0.2) is 0 Å². The van der Waals surface area contributed by atoms with Crippen LogP contribution in [0.25, 0.3) is 0 Å². The van der Waals surface area contributed by atoms with Gasteiger partial charge in [0, 0.05) is 13.6 Å². The number of nitrogens with one attached hydrogen (secondary N) is 1. The van der Waals surface area contributed by atoms with Gasteiger partial charge < -0.3 is 5.11 Å². The molecular formula is C11H18ClN3O2. The summed E-state index contributed by atoms with van der Waals surface area (Å²) in [7, 11) is 1.79. The van der Waals surface area contributed by atoms with Crippen LogP contribution in [0.1, 0.15) is 25.2 Å². The fourth-order valence-corrected chi connectivity index (χ4v) is 1.91. The Morgan fingerprint density at radius 3 is 2.53 bits per heavy atom. The molecule has 1 unspecified atom stereocenters. The SMILES string of the molecule is Cc1nn(C)c(CNC(C(=O)O)C(C)C)c1Cl. The number of nitrogens with zero attached hydrogens (tertiary/aromatic N) is 2. The zero-order valence-corrected chi connectivity index (χ0v) is 11.2. The molecule has 0 saturated carbocycles. The number of aromatic nitrogens is 2. The van der Waals surface area contributed by atoms with Crippen LogP contribution in [0.2, 0.25) is 5.02 Å². The number of hydrogen-bond acceptors (Lipinski definition) is 3. The first-order valence-corrected chi connectivity index (χ1v) is 5.86. The van der Waals surface area contributed by atoms with Gasteiger partial charge >= 0.3 is 5.97 Å². The van der Waals surface area contributed by atoms with Gasteiger partial charge in [-0.15, -0.1) is 0 Å². The van der Waals surface area contributed by atoms with Gasteiger partial charge in [-0.1, -0.05) is 25.4 Å². The Kier molecular flexibility index (Phi) is 4.54. The molecule has 0 amide bonds. The summed E-state index contributed by atoms with van der Waals surface area (Å²) < 4.78 is 1.67. The Bertz CT molecular complexity index is 415. The fourth-order valence-electron chi connectivity index (χ4n) is 1.69. The standard InChI is InChI=1S/C11H18ClN3O2/c1-6(2)10(11(16)17)13-5-8-9(12)7(3)14-15(8)4/h6,10,13H,5H2,1-4H3,(H,16,17). The molecule has 0 spiro atoms. The van der Waals surface area contributed by atoms with E-state index in [0.717, 1.165) is 11.4 Å². The zero-order valence-electron chi connectivity index (χ0n) is 10.5. The third-order valence-electron chi connectivity index (χ3n) is 2.68. The zero-order chi connectivity index (χ0) is 13.2. The lowest BCUT2D eigenvalue weighted by molar-refractivity contribution is -0.140. The second kappa shape index (κ2) is 5.51. The topological polar surface area (TPSA) is 67.2 Å². The third kappa shape index (κ3) is 3.20.